The smallest absolute Gasteiger partial charge is 0.0164 e. The van der Waals surface area contributed by atoms with Crippen LogP contribution in [0.25, 0.3) is 0 Å². The van der Waals surface area contributed by atoms with Crippen LogP contribution in [0.1, 0.15) is 32.1 Å². The largest absolute Gasteiger partial charge is 0.327 e. The summed E-state index contributed by atoms with van der Waals surface area (Å²) in [6.45, 7) is 4.46. The Hall–Kier alpha value is -0.340. The lowest BCUT2D eigenvalue weighted by Gasteiger charge is -2.52. The summed E-state index contributed by atoms with van der Waals surface area (Å²) in [6, 6.07) is 0. The first-order chi connectivity index (χ1) is 6.85. The minimum Gasteiger partial charge on any atom is -0.327 e. The standard InChI is InChI=1S/C12H22N2/c13-8-4-5-9-14-10-12(11-14)6-2-1-3-7-12/h4-5H,1-3,6-11,13H2/b5-4+. The highest BCUT2D eigenvalue weighted by Crippen LogP contribution is 2.43. The Balaban J connectivity index is 1.69. The molecule has 0 amide bonds. The van der Waals surface area contributed by atoms with E-state index in [1.54, 1.807) is 0 Å². The molecule has 80 valence electrons. The van der Waals surface area contributed by atoms with Gasteiger partial charge in [0.25, 0.3) is 0 Å². The predicted octanol–water partition coefficient (Wildman–Crippen LogP) is 1.77. The summed E-state index contributed by atoms with van der Waals surface area (Å²) in [4.78, 5) is 2.54. The van der Waals surface area contributed by atoms with Gasteiger partial charge in [0.1, 0.15) is 0 Å². The van der Waals surface area contributed by atoms with Crippen LogP contribution in [0.5, 0.6) is 0 Å². The molecule has 2 fully saturated rings. The molecule has 1 aliphatic heterocycles. The fraction of sp³-hybridized carbons (Fsp3) is 0.833. The van der Waals surface area contributed by atoms with Crippen molar-refractivity contribution in [2.75, 3.05) is 26.2 Å². The van der Waals surface area contributed by atoms with E-state index >= 15 is 0 Å². The number of hydrogen-bond donors (Lipinski definition) is 1. The van der Waals surface area contributed by atoms with Gasteiger partial charge < -0.3 is 5.73 Å². The van der Waals surface area contributed by atoms with Crippen LogP contribution in [-0.2, 0) is 0 Å². The molecular formula is C12H22N2. The third-order valence-corrected chi connectivity index (χ3v) is 3.70. The molecule has 14 heavy (non-hydrogen) atoms. The van der Waals surface area contributed by atoms with Gasteiger partial charge >= 0.3 is 0 Å². The van der Waals surface area contributed by atoms with Gasteiger partial charge in [-0.3, -0.25) is 4.90 Å². The second kappa shape index (κ2) is 4.45. The van der Waals surface area contributed by atoms with E-state index < -0.39 is 0 Å². The van der Waals surface area contributed by atoms with Gasteiger partial charge in [0.2, 0.25) is 0 Å². The summed E-state index contributed by atoms with van der Waals surface area (Å²) in [5.74, 6) is 0. The summed E-state index contributed by atoms with van der Waals surface area (Å²) < 4.78 is 0. The summed E-state index contributed by atoms with van der Waals surface area (Å²) in [5.41, 5.74) is 6.14. The fourth-order valence-corrected chi connectivity index (χ4v) is 2.97. The van der Waals surface area contributed by atoms with Crippen LogP contribution in [0.15, 0.2) is 12.2 Å². The van der Waals surface area contributed by atoms with E-state index in [9.17, 15) is 0 Å². The molecule has 0 bridgehead atoms. The van der Waals surface area contributed by atoms with Crippen molar-refractivity contribution in [3.05, 3.63) is 12.2 Å². The van der Waals surface area contributed by atoms with E-state index in [2.05, 4.69) is 17.1 Å². The Labute approximate surface area is 87.2 Å². The van der Waals surface area contributed by atoms with Crippen LogP contribution >= 0.6 is 0 Å². The van der Waals surface area contributed by atoms with Crippen LogP contribution in [0.3, 0.4) is 0 Å². The van der Waals surface area contributed by atoms with Crippen molar-refractivity contribution >= 4 is 0 Å². The average molecular weight is 194 g/mol. The average Bonchev–Trinajstić information content (AvgIpc) is 2.17. The van der Waals surface area contributed by atoms with Gasteiger partial charge in [-0.25, -0.2) is 0 Å². The van der Waals surface area contributed by atoms with Crippen molar-refractivity contribution in [1.82, 2.24) is 4.90 Å². The Morgan fingerprint density at radius 3 is 2.43 bits per heavy atom. The lowest BCUT2D eigenvalue weighted by atomic mass is 9.69. The van der Waals surface area contributed by atoms with Gasteiger partial charge in [0.05, 0.1) is 0 Å². The maximum absolute atomic E-state index is 5.41. The second-order valence-corrected chi connectivity index (χ2v) is 4.94. The molecule has 1 saturated carbocycles. The molecule has 0 atom stereocenters. The molecule has 2 aliphatic rings. The Morgan fingerprint density at radius 2 is 1.79 bits per heavy atom. The van der Waals surface area contributed by atoms with Crippen molar-refractivity contribution in [2.24, 2.45) is 11.1 Å². The van der Waals surface area contributed by atoms with E-state index in [-0.39, 0.29) is 0 Å². The number of likely N-dealkylation sites (tertiary alicyclic amines) is 1. The van der Waals surface area contributed by atoms with Crippen LogP contribution in [0.4, 0.5) is 0 Å². The monoisotopic (exact) mass is 194 g/mol. The highest BCUT2D eigenvalue weighted by atomic mass is 15.2. The maximum atomic E-state index is 5.41. The zero-order chi connectivity index (χ0) is 9.86. The number of rotatable bonds is 3. The van der Waals surface area contributed by atoms with E-state index in [1.807, 2.05) is 0 Å². The Morgan fingerprint density at radius 1 is 1.07 bits per heavy atom. The fourth-order valence-electron chi connectivity index (χ4n) is 2.97. The summed E-state index contributed by atoms with van der Waals surface area (Å²) in [5, 5.41) is 0. The quantitative estimate of drug-likeness (QED) is 0.694. The summed E-state index contributed by atoms with van der Waals surface area (Å²) >= 11 is 0. The first kappa shape index (κ1) is 10.2. The van der Waals surface area contributed by atoms with Crippen LogP contribution < -0.4 is 5.73 Å². The van der Waals surface area contributed by atoms with Crippen molar-refractivity contribution in [3.8, 4) is 0 Å². The predicted molar refractivity (Wildman–Crippen MR) is 60.2 cm³/mol. The van der Waals surface area contributed by atoms with Crippen LogP contribution in [0, 0.1) is 5.41 Å². The molecule has 1 aliphatic carbocycles. The van der Waals surface area contributed by atoms with Gasteiger partial charge in [0, 0.05) is 26.2 Å². The normalized spacial score (nSPS) is 26.9. The minimum atomic E-state index is 0.680. The second-order valence-electron chi connectivity index (χ2n) is 4.94. The maximum Gasteiger partial charge on any atom is 0.0164 e. The number of nitrogens with two attached hydrogens (primary N) is 1. The summed E-state index contributed by atoms with van der Waals surface area (Å²) in [7, 11) is 0. The SMILES string of the molecule is NC/C=C/CN1CC2(CCCCC2)C1. The lowest BCUT2D eigenvalue weighted by molar-refractivity contribution is -0.0199. The summed E-state index contributed by atoms with van der Waals surface area (Å²) in [6.07, 6.45) is 11.6. The third-order valence-electron chi connectivity index (χ3n) is 3.70. The zero-order valence-electron chi connectivity index (χ0n) is 9.04. The Kier molecular flexibility index (Phi) is 3.24. The van der Waals surface area contributed by atoms with E-state index in [1.165, 1.54) is 45.2 Å². The Bertz CT molecular complexity index is 196. The van der Waals surface area contributed by atoms with Crippen LogP contribution in [-0.4, -0.2) is 31.1 Å². The number of nitrogens with zero attached hydrogens (tertiary/aromatic N) is 1. The molecule has 0 aromatic rings. The molecule has 1 heterocycles. The van der Waals surface area contributed by atoms with Crippen molar-refractivity contribution in [1.29, 1.82) is 0 Å². The first-order valence-electron chi connectivity index (χ1n) is 5.92. The molecule has 0 unspecified atom stereocenters. The molecule has 0 radical (unpaired) electrons. The van der Waals surface area contributed by atoms with E-state index in [0.717, 1.165) is 12.0 Å². The van der Waals surface area contributed by atoms with Gasteiger partial charge in [-0.1, -0.05) is 31.4 Å². The van der Waals surface area contributed by atoms with Gasteiger partial charge in [0.15, 0.2) is 0 Å². The highest BCUT2D eigenvalue weighted by molar-refractivity contribution is 4.99. The van der Waals surface area contributed by atoms with Gasteiger partial charge in [-0.15, -0.1) is 0 Å². The highest BCUT2D eigenvalue weighted by Gasteiger charge is 2.42. The molecule has 0 aromatic carbocycles. The topological polar surface area (TPSA) is 29.3 Å². The molecule has 2 nitrogen and oxygen atoms in total. The van der Waals surface area contributed by atoms with Gasteiger partial charge in [-0.2, -0.15) is 0 Å². The number of hydrogen-bond acceptors (Lipinski definition) is 2. The molecular weight excluding hydrogens is 172 g/mol. The minimum absolute atomic E-state index is 0.680. The van der Waals surface area contributed by atoms with Crippen molar-refractivity contribution in [3.63, 3.8) is 0 Å². The molecule has 2 N–H and O–H groups in total. The van der Waals surface area contributed by atoms with E-state index in [4.69, 9.17) is 5.73 Å². The van der Waals surface area contributed by atoms with Crippen molar-refractivity contribution < 1.29 is 0 Å². The molecule has 1 saturated heterocycles. The zero-order valence-corrected chi connectivity index (χ0v) is 9.04. The van der Waals surface area contributed by atoms with E-state index in [0.29, 0.717) is 6.54 Å². The lowest BCUT2D eigenvalue weighted by Crippen LogP contribution is -2.56. The molecule has 2 heteroatoms. The molecule has 1 spiro atoms. The van der Waals surface area contributed by atoms with Crippen molar-refractivity contribution in [2.45, 2.75) is 32.1 Å². The first-order valence-corrected chi connectivity index (χ1v) is 5.92. The van der Waals surface area contributed by atoms with Crippen LogP contribution in [0.2, 0.25) is 0 Å². The van der Waals surface area contributed by atoms with Gasteiger partial charge in [-0.05, 0) is 18.3 Å². The third kappa shape index (κ3) is 2.18. The molecule has 0 aromatic heterocycles. The molecule has 2 rings (SSSR count).